The second kappa shape index (κ2) is 17.5. The molecule has 7 atom stereocenters. The molecule has 0 saturated carbocycles. The molecule has 0 bridgehead atoms. The first-order valence-electron chi connectivity index (χ1n) is 15.4. The Morgan fingerprint density at radius 3 is 1.51 bits per heavy atom. The highest BCUT2D eigenvalue weighted by Gasteiger charge is 2.95. The summed E-state index contributed by atoms with van der Waals surface area (Å²) in [4.78, 5) is 10.0. The van der Waals surface area contributed by atoms with E-state index in [0.29, 0.717) is 19.3 Å². The predicted molar refractivity (Wildman–Crippen MR) is 142 cm³/mol. The van der Waals surface area contributed by atoms with Crippen LogP contribution in [0.15, 0.2) is 0 Å². The van der Waals surface area contributed by atoms with Crippen molar-refractivity contribution in [3.63, 3.8) is 0 Å². The molecule has 1 rings (SSSR count). The lowest BCUT2D eigenvalue weighted by Gasteiger charge is -2.43. The van der Waals surface area contributed by atoms with Crippen LogP contribution in [0.1, 0.15) is 71.1 Å². The topological polar surface area (TPSA) is 146 Å². The number of aliphatic hydroxyl groups excluding tert-OH is 4. The number of hydrogen-bond donors (Lipinski definition) is 5. The van der Waals surface area contributed by atoms with E-state index in [9.17, 15) is 105 Å². The van der Waals surface area contributed by atoms with Gasteiger partial charge < -0.3 is 30.1 Å². The molecule has 0 aromatic carbocycles. The molecule has 1 fully saturated rings. The lowest BCUT2D eigenvalue weighted by molar-refractivity contribution is -0.461. The summed E-state index contributed by atoms with van der Waals surface area (Å²) in [5, 5.41) is 38.5. The van der Waals surface area contributed by atoms with Crippen molar-refractivity contribution in [2.75, 3.05) is 6.61 Å². The van der Waals surface area contributed by atoms with E-state index in [-0.39, 0.29) is 12.8 Å². The number of aliphatic hydroxyl groups is 4. The first-order valence-corrected chi connectivity index (χ1v) is 16.9. The van der Waals surface area contributed by atoms with Crippen LogP contribution in [0.2, 0.25) is 0 Å². The van der Waals surface area contributed by atoms with Gasteiger partial charge in [0.1, 0.15) is 24.4 Å². The highest BCUT2D eigenvalue weighted by atomic mass is 31.2. The summed E-state index contributed by atoms with van der Waals surface area (Å²) in [5.41, 5.74) is 0. The Morgan fingerprint density at radius 1 is 0.604 bits per heavy atom. The molecule has 1 heterocycles. The molecule has 0 aromatic heterocycles. The van der Waals surface area contributed by atoms with Gasteiger partial charge in [-0.1, -0.05) is 51.9 Å². The summed E-state index contributed by atoms with van der Waals surface area (Å²) in [6.07, 6.45) is -23.0. The van der Waals surface area contributed by atoms with Crippen LogP contribution in [0.3, 0.4) is 0 Å². The van der Waals surface area contributed by atoms with Crippen molar-refractivity contribution >= 4 is 7.82 Å². The molecule has 27 heteroatoms. The van der Waals surface area contributed by atoms with Gasteiger partial charge in [0.2, 0.25) is 0 Å². The van der Waals surface area contributed by atoms with E-state index >= 15 is 0 Å². The fraction of sp³-hybridized carbons (Fsp3) is 1.00. The summed E-state index contributed by atoms with van der Waals surface area (Å²) in [5.74, 6) is -57.7. The summed E-state index contributed by atoms with van der Waals surface area (Å²) in [6.45, 7) is 0.539. The number of halogens is 17. The maximum atomic E-state index is 14.6. The van der Waals surface area contributed by atoms with Gasteiger partial charge in [-0.05, 0) is 12.8 Å². The number of unbranched alkanes of at least 4 members (excludes halogenated alkanes) is 6. The molecule has 0 aromatic rings. The van der Waals surface area contributed by atoms with Crippen LogP contribution in [0.4, 0.5) is 74.6 Å². The monoisotopic (exact) mass is 846 g/mol. The molecule has 53 heavy (non-hydrogen) atoms. The Bertz CT molecular complexity index is 1210. The van der Waals surface area contributed by atoms with Gasteiger partial charge in [-0.3, -0.25) is 9.05 Å². The molecular weight excluding hydrogens is 810 g/mol. The van der Waals surface area contributed by atoms with Gasteiger partial charge in [-0.2, -0.15) is 74.6 Å². The average Bonchev–Trinajstić information content (AvgIpc) is 3.01. The Morgan fingerprint density at radius 2 is 1.04 bits per heavy atom. The molecule has 0 radical (unpaired) electrons. The lowest BCUT2D eigenvalue weighted by atomic mass is 9.87. The van der Waals surface area contributed by atoms with Crippen LogP contribution in [-0.2, 0) is 18.3 Å². The van der Waals surface area contributed by atoms with E-state index in [4.69, 9.17) is 0 Å². The zero-order valence-electron chi connectivity index (χ0n) is 27.0. The molecule has 1 aliphatic heterocycles. The molecule has 1 aliphatic rings. The molecule has 2 unspecified atom stereocenters. The number of phosphoric ester groups is 1. The van der Waals surface area contributed by atoms with Gasteiger partial charge in [-0.25, -0.2) is 4.57 Å². The third-order valence-electron chi connectivity index (χ3n) is 8.07. The van der Waals surface area contributed by atoms with Gasteiger partial charge in [0.05, 0.1) is 12.7 Å². The molecule has 1 saturated heterocycles. The first-order chi connectivity index (χ1) is 23.6. The number of ether oxygens (including phenoxy) is 1. The second-order valence-electron chi connectivity index (χ2n) is 12.1. The minimum Gasteiger partial charge on any atom is -0.387 e. The van der Waals surface area contributed by atoms with Gasteiger partial charge >= 0.3 is 55.5 Å². The normalized spacial score (nSPS) is 25.0. The third-order valence-corrected chi connectivity index (χ3v) is 9.11. The molecule has 318 valence electrons. The fourth-order valence-electron chi connectivity index (χ4n) is 4.73. The zero-order valence-corrected chi connectivity index (χ0v) is 27.9. The van der Waals surface area contributed by atoms with Crippen molar-refractivity contribution in [2.45, 2.75) is 156 Å². The van der Waals surface area contributed by atoms with E-state index in [1.54, 1.807) is 0 Å². The van der Waals surface area contributed by atoms with Crippen LogP contribution in [-0.4, -0.2) is 116 Å². The van der Waals surface area contributed by atoms with Crippen molar-refractivity contribution in [2.24, 2.45) is 0 Å². The Balaban J connectivity index is 3.31. The summed E-state index contributed by atoms with van der Waals surface area (Å²) >= 11 is 0. The third kappa shape index (κ3) is 10.4. The van der Waals surface area contributed by atoms with E-state index in [1.165, 1.54) is 0 Å². The Labute approximate surface area is 289 Å². The minimum absolute atomic E-state index is 0.156. The Kier molecular flexibility index (Phi) is 16.4. The van der Waals surface area contributed by atoms with Crippen molar-refractivity contribution in [1.82, 2.24) is 0 Å². The van der Waals surface area contributed by atoms with E-state index < -0.39 is 118 Å². The van der Waals surface area contributed by atoms with Crippen molar-refractivity contribution in [3.8, 4) is 0 Å². The van der Waals surface area contributed by atoms with Crippen LogP contribution < -0.4 is 0 Å². The summed E-state index contributed by atoms with van der Waals surface area (Å²) in [6, 6.07) is 0. The average molecular weight is 847 g/mol. The molecule has 9 nitrogen and oxygen atoms in total. The van der Waals surface area contributed by atoms with Crippen molar-refractivity contribution in [1.29, 1.82) is 0 Å². The quantitative estimate of drug-likeness (QED) is 0.0434. The number of phosphoric acid groups is 1. The highest BCUT2D eigenvalue weighted by molar-refractivity contribution is 7.47. The maximum absolute atomic E-state index is 14.6. The van der Waals surface area contributed by atoms with Crippen LogP contribution >= 0.6 is 7.82 Å². The first kappa shape index (κ1) is 49.7. The van der Waals surface area contributed by atoms with Crippen LogP contribution in [0.5, 0.6) is 0 Å². The molecular formula is C26H36F17O9P. The van der Waals surface area contributed by atoms with E-state index in [1.807, 2.05) is 6.92 Å². The van der Waals surface area contributed by atoms with Gasteiger partial charge in [0.25, 0.3) is 0 Å². The van der Waals surface area contributed by atoms with Gasteiger partial charge in [-0.15, -0.1) is 0 Å². The summed E-state index contributed by atoms with van der Waals surface area (Å²) in [7, 11) is -5.68. The zero-order chi connectivity index (χ0) is 41.9. The van der Waals surface area contributed by atoms with E-state index in [0.717, 1.165) is 12.8 Å². The maximum Gasteiger partial charge on any atom is 0.472 e. The number of rotatable bonds is 22. The predicted octanol–water partition coefficient (Wildman–Crippen LogP) is 7.22. The SMILES string of the molecule is CCCCCCCCCC(CCC(F)(F)C(F)(F)C(F)(F)C(F)(F)C(F)(F)C(F)(F)C(F)(F)C(F)(F)F)OP(=O)(O)OC[C@H]1O[C@H](O)[C@H](O)[C@@H](O)[C@H]1O. The second-order valence-corrected chi connectivity index (χ2v) is 13.5. The summed E-state index contributed by atoms with van der Waals surface area (Å²) < 4.78 is 258. The molecule has 0 spiro atoms. The molecule has 0 aliphatic carbocycles. The van der Waals surface area contributed by atoms with Gasteiger partial charge in [0, 0.05) is 6.42 Å². The lowest BCUT2D eigenvalue weighted by Crippen LogP contribution is -2.74. The Hall–Kier alpha value is -1.28. The minimum atomic E-state index is -8.79. The van der Waals surface area contributed by atoms with E-state index in [2.05, 4.69) is 13.8 Å². The van der Waals surface area contributed by atoms with Crippen molar-refractivity contribution < 1.29 is 118 Å². The standard InChI is InChI=1S/C26H36F17O9P/c1-2-3-4-5-6-7-8-9-13(52-53(48,49)50-12-14-15(44)16(45)17(46)18(47)51-14)10-11-19(27,28)20(29,30)21(31,32)22(33,34)23(35,36)24(37,38)25(39,40)26(41,42)43/h13-18,44-47H,2-12H2,1H3,(H,48,49)/t13?,14-,15+,16+,17-,18+/m1/s1. The van der Waals surface area contributed by atoms with Gasteiger partial charge in [0.15, 0.2) is 6.29 Å². The smallest absolute Gasteiger partial charge is 0.387 e. The largest absolute Gasteiger partial charge is 0.472 e. The number of alkyl halides is 17. The fourth-order valence-corrected chi connectivity index (χ4v) is 5.71. The molecule has 0 amide bonds. The highest BCUT2D eigenvalue weighted by Crippen LogP contribution is 2.64. The van der Waals surface area contributed by atoms with Crippen molar-refractivity contribution in [3.05, 3.63) is 0 Å². The van der Waals surface area contributed by atoms with Crippen LogP contribution in [0, 0.1) is 0 Å². The number of hydrogen-bond acceptors (Lipinski definition) is 8. The molecule has 5 N–H and O–H groups in total. The van der Waals surface area contributed by atoms with Crippen LogP contribution in [0.25, 0.3) is 0 Å².